The van der Waals surface area contributed by atoms with Crippen molar-refractivity contribution in [1.82, 2.24) is 10.2 Å². The molecule has 0 spiro atoms. The number of hydrogen-bond acceptors (Lipinski definition) is 2. The normalized spacial score (nSPS) is 21.3. The first kappa shape index (κ1) is 12.7. The molecule has 0 aromatic heterocycles. The summed E-state index contributed by atoms with van der Waals surface area (Å²) in [7, 11) is 0. The maximum atomic E-state index is 3.57. The molecule has 0 bridgehead atoms. The molecule has 0 amide bonds. The molecular formula is C13H26N2. The summed E-state index contributed by atoms with van der Waals surface area (Å²) >= 11 is 0. The Hall–Kier alpha value is -0.340. The zero-order valence-electron chi connectivity index (χ0n) is 10.9. The average molecular weight is 210 g/mol. The van der Waals surface area contributed by atoms with Gasteiger partial charge < -0.3 is 5.32 Å². The van der Waals surface area contributed by atoms with E-state index in [0.29, 0.717) is 6.04 Å². The molecule has 2 nitrogen and oxygen atoms in total. The molecule has 0 aliphatic carbocycles. The summed E-state index contributed by atoms with van der Waals surface area (Å²) in [6.07, 6.45) is 3.58. The van der Waals surface area contributed by atoms with Crippen LogP contribution in [-0.4, -0.2) is 36.1 Å². The van der Waals surface area contributed by atoms with E-state index < -0.39 is 0 Å². The molecule has 2 heteroatoms. The largest absolute Gasteiger partial charge is 0.311 e. The fourth-order valence-electron chi connectivity index (χ4n) is 1.90. The molecule has 1 atom stereocenters. The fraction of sp³-hybridized carbons (Fsp3) is 0.846. The van der Waals surface area contributed by atoms with Crippen LogP contribution in [0.25, 0.3) is 0 Å². The molecule has 1 rings (SSSR count). The van der Waals surface area contributed by atoms with Gasteiger partial charge in [0.15, 0.2) is 0 Å². The van der Waals surface area contributed by atoms with Crippen LogP contribution in [0.5, 0.6) is 0 Å². The standard InChI is InChI=1S/C13H26N2/c1-11-7-6-8-15(10-11)12(2)9-14-13(3,4)5/h7,12,14H,6,8-10H2,1-5H3. The highest BCUT2D eigenvalue weighted by Crippen LogP contribution is 2.12. The van der Waals surface area contributed by atoms with E-state index in [4.69, 9.17) is 0 Å². The molecule has 1 heterocycles. The van der Waals surface area contributed by atoms with Crippen LogP contribution in [0.4, 0.5) is 0 Å². The highest BCUT2D eigenvalue weighted by molar-refractivity contribution is 5.05. The molecule has 1 N–H and O–H groups in total. The number of hydrogen-bond donors (Lipinski definition) is 1. The first-order valence-corrected chi connectivity index (χ1v) is 6.03. The monoisotopic (exact) mass is 210 g/mol. The summed E-state index contributed by atoms with van der Waals surface area (Å²) in [5.41, 5.74) is 1.75. The minimum atomic E-state index is 0.231. The summed E-state index contributed by atoms with van der Waals surface area (Å²) < 4.78 is 0. The van der Waals surface area contributed by atoms with Crippen LogP contribution in [0.3, 0.4) is 0 Å². The molecule has 0 aromatic carbocycles. The van der Waals surface area contributed by atoms with E-state index in [1.54, 1.807) is 0 Å². The van der Waals surface area contributed by atoms with Gasteiger partial charge in [0.2, 0.25) is 0 Å². The van der Waals surface area contributed by atoms with Crippen LogP contribution < -0.4 is 5.32 Å². The fourth-order valence-corrected chi connectivity index (χ4v) is 1.90. The summed E-state index contributed by atoms with van der Waals surface area (Å²) in [5, 5.41) is 3.57. The molecule has 0 radical (unpaired) electrons. The second kappa shape index (κ2) is 5.13. The molecule has 88 valence electrons. The summed E-state index contributed by atoms with van der Waals surface area (Å²) in [4.78, 5) is 2.56. The molecule has 0 fully saturated rings. The third-order valence-corrected chi connectivity index (χ3v) is 2.91. The van der Waals surface area contributed by atoms with Gasteiger partial charge in [-0.15, -0.1) is 0 Å². The van der Waals surface area contributed by atoms with Crippen LogP contribution >= 0.6 is 0 Å². The van der Waals surface area contributed by atoms with Crippen LogP contribution in [0, 0.1) is 0 Å². The molecule has 15 heavy (non-hydrogen) atoms. The molecule has 0 saturated carbocycles. The van der Waals surface area contributed by atoms with E-state index in [-0.39, 0.29) is 5.54 Å². The Kier molecular flexibility index (Phi) is 4.35. The van der Waals surface area contributed by atoms with E-state index in [9.17, 15) is 0 Å². The van der Waals surface area contributed by atoms with E-state index in [1.807, 2.05) is 0 Å². The second-order valence-corrected chi connectivity index (χ2v) is 5.79. The third-order valence-electron chi connectivity index (χ3n) is 2.91. The van der Waals surface area contributed by atoms with Crippen molar-refractivity contribution in [2.45, 2.75) is 52.6 Å². The SMILES string of the molecule is CC1=CCCN(C(C)CNC(C)(C)C)C1. The lowest BCUT2D eigenvalue weighted by Crippen LogP contribution is -2.47. The average Bonchev–Trinajstić information content (AvgIpc) is 2.13. The van der Waals surface area contributed by atoms with Crippen LogP contribution in [0.2, 0.25) is 0 Å². The predicted molar refractivity (Wildman–Crippen MR) is 67.2 cm³/mol. The lowest BCUT2D eigenvalue weighted by molar-refractivity contribution is 0.205. The quantitative estimate of drug-likeness (QED) is 0.720. The van der Waals surface area contributed by atoms with Gasteiger partial charge in [-0.1, -0.05) is 11.6 Å². The molecule has 0 saturated heterocycles. The van der Waals surface area contributed by atoms with E-state index in [1.165, 1.54) is 18.5 Å². The lowest BCUT2D eigenvalue weighted by Gasteiger charge is -2.34. The Labute approximate surface area is 94.7 Å². The van der Waals surface area contributed by atoms with Crippen molar-refractivity contribution >= 4 is 0 Å². The van der Waals surface area contributed by atoms with Crippen molar-refractivity contribution in [1.29, 1.82) is 0 Å². The van der Waals surface area contributed by atoms with E-state index >= 15 is 0 Å². The van der Waals surface area contributed by atoms with Crippen molar-refractivity contribution in [3.05, 3.63) is 11.6 Å². The summed E-state index contributed by atoms with van der Waals surface area (Å²) in [6, 6.07) is 0.632. The first-order chi connectivity index (χ1) is 6.88. The van der Waals surface area contributed by atoms with Gasteiger partial charge in [0, 0.05) is 31.2 Å². The third kappa shape index (κ3) is 4.80. The summed E-state index contributed by atoms with van der Waals surface area (Å²) in [5.74, 6) is 0. The molecule has 1 unspecified atom stereocenters. The Morgan fingerprint density at radius 2 is 2.13 bits per heavy atom. The zero-order valence-corrected chi connectivity index (χ0v) is 10.9. The van der Waals surface area contributed by atoms with Crippen molar-refractivity contribution < 1.29 is 0 Å². The second-order valence-electron chi connectivity index (χ2n) is 5.79. The highest BCUT2D eigenvalue weighted by atomic mass is 15.2. The van der Waals surface area contributed by atoms with E-state index in [2.05, 4.69) is 50.9 Å². The zero-order chi connectivity index (χ0) is 11.5. The van der Waals surface area contributed by atoms with Crippen molar-refractivity contribution in [2.24, 2.45) is 0 Å². The lowest BCUT2D eigenvalue weighted by atomic mass is 10.1. The van der Waals surface area contributed by atoms with Gasteiger partial charge in [-0.2, -0.15) is 0 Å². The molecular weight excluding hydrogens is 184 g/mol. The van der Waals surface area contributed by atoms with Gasteiger partial charge in [0.1, 0.15) is 0 Å². The molecule has 1 aliphatic heterocycles. The minimum absolute atomic E-state index is 0.231. The summed E-state index contributed by atoms with van der Waals surface area (Å²) in [6.45, 7) is 14.7. The topological polar surface area (TPSA) is 15.3 Å². The number of nitrogens with zero attached hydrogens (tertiary/aromatic N) is 1. The van der Waals surface area contributed by atoms with Gasteiger partial charge in [0.05, 0.1) is 0 Å². The molecule has 0 aromatic rings. The van der Waals surface area contributed by atoms with Crippen molar-refractivity contribution in [2.75, 3.05) is 19.6 Å². The van der Waals surface area contributed by atoms with Gasteiger partial charge in [-0.25, -0.2) is 0 Å². The van der Waals surface area contributed by atoms with Gasteiger partial charge in [-0.05, 0) is 41.0 Å². The van der Waals surface area contributed by atoms with Crippen LogP contribution in [0.1, 0.15) is 41.0 Å². The Bertz CT molecular complexity index is 225. The molecule has 1 aliphatic rings. The van der Waals surface area contributed by atoms with Crippen LogP contribution in [0.15, 0.2) is 11.6 Å². The maximum Gasteiger partial charge on any atom is 0.0196 e. The van der Waals surface area contributed by atoms with Gasteiger partial charge >= 0.3 is 0 Å². The minimum Gasteiger partial charge on any atom is -0.311 e. The van der Waals surface area contributed by atoms with Crippen molar-refractivity contribution in [3.63, 3.8) is 0 Å². The Morgan fingerprint density at radius 3 is 2.67 bits per heavy atom. The first-order valence-electron chi connectivity index (χ1n) is 6.03. The maximum absolute atomic E-state index is 3.57. The smallest absolute Gasteiger partial charge is 0.0196 e. The van der Waals surface area contributed by atoms with Gasteiger partial charge in [0.25, 0.3) is 0 Å². The van der Waals surface area contributed by atoms with Crippen molar-refractivity contribution in [3.8, 4) is 0 Å². The number of rotatable bonds is 3. The highest BCUT2D eigenvalue weighted by Gasteiger charge is 2.18. The number of nitrogens with one attached hydrogen (secondary N) is 1. The predicted octanol–water partition coefficient (Wildman–Crippen LogP) is 2.42. The van der Waals surface area contributed by atoms with E-state index in [0.717, 1.165) is 13.1 Å². The Morgan fingerprint density at radius 1 is 1.47 bits per heavy atom. The Balaban J connectivity index is 2.34. The van der Waals surface area contributed by atoms with Crippen LogP contribution in [-0.2, 0) is 0 Å². The van der Waals surface area contributed by atoms with Gasteiger partial charge in [-0.3, -0.25) is 4.90 Å².